The van der Waals surface area contributed by atoms with Crippen molar-refractivity contribution in [2.45, 2.75) is 64.3 Å². The fourth-order valence-electron chi connectivity index (χ4n) is 2.42. The van der Waals surface area contributed by atoms with Crippen molar-refractivity contribution in [1.29, 1.82) is 0 Å². The summed E-state index contributed by atoms with van der Waals surface area (Å²) in [5.41, 5.74) is 1.32. The molecule has 1 aromatic heterocycles. The maximum absolute atomic E-state index is 4.28. The Bertz CT molecular complexity index is 300. The first kappa shape index (κ1) is 10.7. The van der Waals surface area contributed by atoms with Gasteiger partial charge in [0.15, 0.2) is 0 Å². The summed E-state index contributed by atoms with van der Waals surface area (Å²) < 4.78 is 2.19. The number of hydrogen-bond acceptors (Lipinski definition) is 2. The van der Waals surface area contributed by atoms with E-state index in [1.54, 1.807) is 0 Å². The Kier molecular flexibility index (Phi) is 3.39. The first-order chi connectivity index (χ1) is 7.33. The summed E-state index contributed by atoms with van der Waals surface area (Å²) in [4.78, 5) is 0. The van der Waals surface area contributed by atoms with Gasteiger partial charge in [0.25, 0.3) is 0 Å². The topological polar surface area (TPSA) is 30.7 Å². The first-order valence-electron chi connectivity index (χ1n) is 6.23. The van der Waals surface area contributed by atoms with Gasteiger partial charge in [-0.15, -0.1) is 5.10 Å². The van der Waals surface area contributed by atoms with E-state index in [0.29, 0.717) is 12.0 Å². The molecule has 3 nitrogen and oxygen atoms in total. The molecule has 1 aliphatic carbocycles. The minimum absolute atomic E-state index is 0.585. The first-order valence-corrected chi connectivity index (χ1v) is 6.23. The third kappa shape index (κ3) is 2.21. The molecule has 1 aromatic rings. The third-order valence-corrected chi connectivity index (χ3v) is 3.64. The Morgan fingerprint density at radius 3 is 2.80 bits per heavy atom. The minimum Gasteiger partial charge on any atom is -0.246 e. The Morgan fingerprint density at radius 1 is 1.40 bits per heavy atom. The highest BCUT2D eigenvalue weighted by molar-refractivity contribution is 5.03. The van der Waals surface area contributed by atoms with Gasteiger partial charge in [-0.3, -0.25) is 0 Å². The number of aromatic nitrogens is 3. The molecule has 1 atom stereocenters. The predicted molar refractivity (Wildman–Crippen MR) is 60.9 cm³/mol. The Morgan fingerprint density at radius 2 is 2.13 bits per heavy atom. The van der Waals surface area contributed by atoms with Crippen LogP contribution in [0.25, 0.3) is 0 Å². The molecule has 0 radical (unpaired) electrons. The Hall–Kier alpha value is -0.860. The van der Waals surface area contributed by atoms with Crippen LogP contribution >= 0.6 is 0 Å². The van der Waals surface area contributed by atoms with Gasteiger partial charge in [0.1, 0.15) is 0 Å². The molecule has 0 saturated heterocycles. The van der Waals surface area contributed by atoms with Crippen LogP contribution in [0.2, 0.25) is 0 Å². The molecule has 15 heavy (non-hydrogen) atoms. The molecule has 1 aliphatic rings. The summed E-state index contributed by atoms with van der Waals surface area (Å²) in [5.74, 6) is 0.585. The standard InChI is InChI=1S/C12H21N3/c1-3-10(2)12-9-13-14-15(12)11-7-5-4-6-8-11/h9-11H,3-8H2,1-2H3. The highest BCUT2D eigenvalue weighted by Gasteiger charge is 2.20. The lowest BCUT2D eigenvalue weighted by molar-refractivity contribution is 0.313. The smallest absolute Gasteiger partial charge is 0.0728 e. The highest BCUT2D eigenvalue weighted by Crippen LogP contribution is 2.30. The number of hydrogen-bond donors (Lipinski definition) is 0. The van der Waals surface area contributed by atoms with Crippen molar-refractivity contribution in [2.24, 2.45) is 0 Å². The van der Waals surface area contributed by atoms with Crippen LogP contribution in [0.3, 0.4) is 0 Å². The summed E-state index contributed by atoms with van der Waals surface area (Å²) in [5, 5.41) is 8.35. The van der Waals surface area contributed by atoms with Crippen LogP contribution in [0.4, 0.5) is 0 Å². The molecule has 0 spiro atoms. The van der Waals surface area contributed by atoms with Crippen molar-refractivity contribution in [2.75, 3.05) is 0 Å². The van der Waals surface area contributed by atoms with Gasteiger partial charge in [-0.2, -0.15) is 0 Å². The monoisotopic (exact) mass is 207 g/mol. The molecule has 1 fully saturated rings. The molecule has 84 valence electrons. The quantitative estimate of drug-likeness (QED) is 0.761. The van der Waals surface area contributed by atoms with E-state index < -0.39 is 0 Å². The van der Waals surface area contributed by atoms with Gasteiger partial charge in [0.2, 0.25) is 0 Å². The van der Waals surface area contributed by atoms with Gasteiger partial charge in [0, 0.05) is 0 Å². The maximum Gasteiger partial charge on any atom is 0.0728 e. The zero-order valence-corrected chi connectivity index (χ0v) is 9.82. The molecular formula is C12H21N3. The molecule has 0 N–H and O–H groups in total. The van der Waals surface area contributed by atoms with E-state index in [9.17, 15) is 0 Å². The average molecular weight is 207 g/mol. The lowest BCUT2D eigenvalue weighted by Crippen LogP contribution is -2.17. The fourth-order valence-corrected chi connectivity index (χ4v) is 2.42. The highest BCUT2D eigenvalue weighted by atomic mass is 15.4. The molecule has 0 bridgehead atoms. The van der Waals surface area contributed by atoms with Crippen LogP contribution in [0, 0.1) is 0 Å². The molecule has 1 saturated carbocycles. The Labute approximate surface area is 91.9 Å². The summed E-state index contributed by atoms with van der Waals surface area (Å²) in [7, 11) is 0. The van der Waals surface area contributed by atoms with Crippen LogP contribution in [0.1, 0.15) is 70.0 Å². The average Bonchev–Trinajstić information content (AvgIpc) is 2.78. The third-order valence-electron chi connectivity index (χ3n) is 3.64. The maximum atomic E-state index is 4.28. The zero-order chi connectivity index (χ0) is 10.7. The van der Waals surface area contributed by atoms with Crippen molar-refractivity contribution in [1.82, 2.24) is 15.0 Å². The van der Waals surface area contributed by atoms with E-state index in [1.165, 1.54) is 44.2 Å². The van der Waals surface area contributed by atoms with E-state index in [-0.39, 0.29) is 0 Å². The van der Waals surface area contributed by atoms with Crippen LogP contribution in [0.15, 0.2) is 6.20 Å². The van der Waals surface area contributed by atoms with Crippen LogP contribution in [0.5, 0.6) is 0 Å². The largest absolute Gasteiger partial charge is 0.246 e. The molecule has 1 heterocycles. The molecule has 0 amide bonds. The van der Waals surface area contributed by atoms with Gasteiger partial charge >= 0.3 is 0 Å². The number of nitrogens with zero attached hydrogens (tertiary/aromatic N) is 3. The van der Waals surface area contributed by atoms with Crippen molar-refractivity contribution in [3.05, 3.63) is 11.9 Å². The van der Waals surface area contributed by atoms with Gasteiger partial charge in [0.05, 0.1) is 17.9 Å². The normalized spacial score (nSPS) is 20.4. The lowest BCUT2D eigenvalue weighted by Gasteiger charge is -2.24. The molecule has 3 heteroatoms. The minimum atomic E-state index is 0.585. The second-order valence-corrected chi connectivity index (χ2v) is 4.70. The van der Waals surface area contributed by atoms with E-state index in [0.717, 1.165) is 0 Å². The summed E-state index contributed by atoms with van der Waals surface area (Å²) in [6, 6.07) is 0.616. The number of rotatable bonds is 3. The molecule has 1 unspecified atom stereocenters. The second-order valence-electron chi connectivity index (χ2n) is 4.70. The van der Waals surface area contributed by atoms with Gasteiger partial charge in [-0.05, 0) is 25.2 Å². The lowest BCUT2D eigenvalue weighted by atomic mass is 9.94. The summed E-state index contributed by atoms with van der Waals surface area (Å²) >= 11 is 0. The van der Waals surface area contributed by atoms with Gasteiger partial charge in [-0.1, -0.05) is 38.3 Å². The van der Waals surface area contributed by atoms with E-state index in [4.69, 9.17) is 0 Å². The molecule has 2 rings (SSSR count). The second kappa shape index (κ2) is 4.77. The fraction of sp³-hybridized carbons (Fsp3) is 0.833. The molecule has 0 aliphatic heterocycles. The predicted octanol–water partition coefficient (Wildman–Crippen LogP) is 3.30. The van der Waals surface area contributed by atoms with Crippen LogP contribution in [-0.2, 0) is 0 Å². The van der Waals surface area contributed by atoms with Crippen molar-refractivity contribution in [3.63, 3.8) is 0 Å². The molecular weight excluding hydrogens is 186 g/mol. The Balaban J connectivity index is 2.15. The van der Waals surface area contributed by atoms with Crippen molar-refractivity contribution < 1.29 is 0 Å². The SMILES string of the molecule is CCC(C)c1cnnn1C1CCCCC1. The van der Waals surface area contributed by atoms with Crippen molar-refractivity contribution in [3.8, 4) is 0 Å². The summed E-state index contributed by atoms with van der Waals surface area (Å²) in [6.07, 6.45) is 9.78. The van der Waals surface area contributed by atoms with E-state index in [2.05, 4.69) is 28.8 Å². The molecule has 0 aromatic carbocycles. The van der Waals surface area contributed by atoms with E-state index >= 15 is 0 Å². The van der Waals surface area contributed by atoms with Crippen LogP contribution in [-0.4, -0.2) is 15.0 Å². The van der Waals surface area contributed by atoms with Crippen LogP contribution < -0.4 is 0 Å². The van der Waals surface area contributed by atoms with Crippen molar-refractivity contribution >= 4 is 0 Å². The van der Waals surface area contributed by atoms with E-state index in [1.807, 2.05) is 6.20 Å². The van der Waals surface area contributed by atoms with Gasteiger partial charge in [-0.25, -0.2) is 4.68 Å². The zero-order valence-electron chi connectivity index (χ0n) is 9.82. The summed E-state index contributed by atoms with van der Waals surface area (Å²) in [6.45, 7) is 4.49. The van der Waals surface area contributed by atoms with Gasteiger partial charge < -0.3 is 0 Å².